The Morgan fingerprint density at radius 3 is 2.76 bits per heavy atom. The molecule has 2 fully saturated rings. The number of nitrogens with zero attached hydrogens (tertiary/aromatic N) is 2. The third kappa shape index (κ3) is 3.10. The van der Waals surface area contributed by atoms with Gasteiger partial charge in [-0.2, -0.15) is 0 Å². The highest BCUT2D eigenvalue weighted by atomic mass is 19.1. The third-order valence-electron chi connectivity index (χ3n) is 4.86. The van der Waals surface area contributed by atoms with Crippen LogP contribution in [0.25, 0.3) is 0 Å². The standard InChI is InChI=1S/C17H23FN2O/c1-13(17(21)19-8-2-3-9-19)20-10-7-15(12-20)14-5-4-6-16(18)11-14/h4-6,11,13,15H,2-3,7-10,12H2,1H3/t13-,15-/m0/s1. The molecule has 0 bridgehead atoms. The fraction of sp³-hybridized carbons (Fsp3) is 0.588. The van der Waals surface area contributed by atoms with E-state index in [-0.39, 0.29) is 17.8 Å². The lowest BCUT2D eigenvalue weighted by atomic mass is 9.98. The molecule has 2 heterocycles. The maximum atomic E-state index is 13.3. The van der Waals surface area contributed by atoms with Crippen molar-refractivity contribution in [2.45, 2.75) is 38.1 Å². The third-order valence-corrected chi connectivity index (χ3v) is 4.86. The minimum absolute atomic E-state index is 0.0540. The van der Waals surface area contributed by atoms with E-state index in [0.717, 1.165) is 51.0 Å². The van der Waals surface area contributed by atoms with Crippen LogP contribution >= 0.6 is 0 Å². The van der Waals surface area contributed by atoms with Gasteiger partial charge in [0.2, 0.25) is 5.91 Å². The van der Waals surface area contributed by atoms with Gasteiger partial charge in [0, 0.05) is 19.6 Å². The normalized spacial score (nSPS) is 24.5. The van der Waals surface area contributed by atoms with E-state index in [2.05, 4.69) is 4.90 Å². The van der Waals surface area contributed by atoms with E-state index >= 15 is 0 Å². The van der Waals surface area contributed by atoms with Gasteiger partial charge in [-0.15, -0.1) is 0 Å². The number of carbonyl (C=O) groups is 1. The molecule has 0 radical (unpaired) electrons. The number of halogens is 1. The zero-order valence-corrected chi connectivity index (χ0v) is 12.6. The molecule has 1 aromatic rings. The molecular formula is C17H23FN2O. The summed E-state index contributed by atoms with van der Waals surface area (Å²) in [6, 6.07) is 6.81. The van der Waals surface area contributed by atoms with Crippen LogP contribution < -0.4 is 0 Å². The lowest BCUT2D eigenvalue weighted by molar-refractivity contribution is -0.134. The SMILES string of the molecule is C[C@@H](C(=O)N1CCCC1)N1CC[C@H](c2cccc(F)c2)C1. The highest BCUT2D eigenvalue weighted by Crippen LogP contribution is 2.29. The topological polar surface area (TPSA) is 23.6 Å². The van der Waals surface area contributed by atoms with E-state index in [1.807, 2.05) is 17.9 Å². The molecular weight excluding hydrogens is 267 g/mol. The summed E-state index contributed by atoms with van der Waals surface area (Å²) in [5, 5.41) is 0. The van der Waals surface area contributed by atoms with Crippen molar-refractivity contribution in [2.75, 3.05) is 26.2 Å². The lowest BCUT2D eigenvalue weighted by Crippen LogP contribution is -2.45. The summed E-state index contributed by atoms with van der Waals surface area (Å²) in [5.41, 5.74) is 1.05. The van der Waals surface area contributed by atoms with E-state index in [4.69, 9.17) is 0 Å². The van der Waals surface area contributed by atoms with Gasteiger partial charge in [0.1, 0.15) is 5.82 Å². The molecule has 21 heavy (non-hydrogen) atoms. The fourth-order valence-electron chi connectivity index (χ4n) is 3.53. The average Bonchev–Trinajstić information content (AvgIpc) is 3.17. The Labute approximate surface area is 125 Å². The van der Waals surface area contributed by atoms with Gasteiger partial charge in [-0.25, -0.2) is 4.39 Å². The first-order chi connectivity index (χ1) is 10.1. The van der Waals surface area contributed by atoms with E-state index in [9.17, 15) is 9.18 Å². The maximum Gasteiger partial charge on any atom is 0.239 e. The number of hydrogen-bond acceptors (Lipinski definition) is 2. The number of hydrogen-bond donors (Lipinski definition) is 0. The van der Waals surface area contributed by atoms with Crippen LogP contribution in [0.5, 0.6) is 0 Å². The molecule has 0 aromatic heterocycles. The Hall–Kier alpha value is -1.42. The van der Waals surface area contributed by atoms with Gasteiger partial charge in [-0.3, -0.25) is 9.69 Å². The Morgan fingerprint density at radius 2 is 2.05 bits per heavy atom. The van der Waals surface area contributed by atoms with Crippen LogP contribution in [0.1, 0.15) is 37.7 Å². The van der Waals surface area contributed by atoms with E-state index in [1.165, 1.54) is 6.07 Å². The second-order valence-corrected chi connectivity index (χ2v) is 6.24. The zero-order chi connectivity index (χ0) is 14.8. The van der Waals surface area contributed by atoms with Crippen LogP contribution in [0, 0.1) is 5.82 Å². The molecule has 0 N–H and O–H groups in total. The summed E-state index contributed by atoms with van der Waals surface area (Å²) in [5.74, 6) is 0.425. The summed E-state index contributed by atoms with van der Waals surface area (Å²) in [7, 11) is 0. The average molecular weight is 290 g/mol. The quantitative estimate of drug-likeness (QED) is 0.854. The van der Waals surface area contributed by atoms with E-state index in [0.29, 0.717) is 5.92 Å². The fourth-order valence-corrected chi connectivity index (χ4v) is 3.53. The monoisotopic (exact) mass is 290 g/mol. The largest absolute Gasteiger partial charge is 0.341 e. The first-order valence-electron chi connectivity index (χ1n) is 7.93. The number of benzene rings is 1. The molecule has 1 amide bonds. The van der Waals surface area contributed by atoms with Gasteiger partial charge in [0.05, 0.1) is 6.04 Å². The summed E-state index contributed by atoms with van der Waals surface area (Å²) < 4.78 is 13.3. The molecule has 2 aliphatic heterocycles. The Morgan fingerprint density at radius 1 is 1.29 bits per heavy atom. The molecule has 3 rings (SSSR count). The number of rotatable bonds is 3. The second kappa shape index (κ2) is 6.14. The minimum atomic E-state index is -0.174. The molecule has 2 atom stereocenters. The first-order valence-corrected chi connectivity index (χ1v) is 7.93. The van der Waals surface area contributed by atoms with E-state index < -0.39 is 0 Å². The van der Waals surface area contributed by atoms with Gasteiger partial charge >= 0.3 is 0 Å². The van der Waals surface area contributed by atoms with Crippen LogP contribution in [-0.2, 0) is 4.79 Å². The van der Waals surface area contributed by atoms with Crippen molar-refractivity contribution in [2.24, 2.45) is 0 Å². The van der Waals surface area contributed by atoms with Crippen LogP contribution in [0.3, 0.4) is 0 Å². The van der Waals surface area contributed by atoms with Gasteiger partial charge in [-0.1, -0.05) is 12.1 Å². The summed E-state index contributed by atoms with van der Waals surface area (Å²) in [6.45, 7) is 5.59. The van der Waals surface area contributed by atoms with Crippen molar-refractivity contribution in [1.82, 2.24) is 9.80 Å². The molecule has 0 saturated carbocycles. The zero-order valence-electron chi connectivity index (χ0n) is 12.6. The smallest absolute Gasteiger partial charge is 0.239 e. The molecule has 1 aromatic carbocycles. The van der Waals surface area contributed by atoms with Gasteiger partial charge in [-0.05, 0) is 56.3 Å². The van der Waals surface area contributed by atoms with Gasteiger partial charge < -0.3 is 4.90 Å². The van der Waals surface area contributed by atoms with Crippen molar-refractivity contribution >= 4 is 5.91 Å². The molecule has 2 saturated heterocycles. The van der Waals surface area contributed by atoms with Gasteiger partial charge in [0.25, 0.3) is 0 Å². The Kier molecular flexibility index (Phi) is 4.24. The summed E-state index contributed by atoms with van der Waals surface area (Å²) >= 11 is 0. The maximum absolute atomic E-state index is 13.3. The first kappa shape index (κ1) is 14.5. The second-order valence-electron chi connectivity index (χ2n) is 6.24. The Bertz CT molecular complexity index is 513. The number of amides is 1. The Balaban J connectivity index is 1.62. The van der Waals surface area contributed by atoms with Crippen molar-refractivity contribution in [3.63, 3.8) is 0 Å². The molecule has 4 heteroatoms. The number of likely N-dealkylation sites (tertiary alicyclic amines) is 2. The molecule has 3 nitrogen and oxygen atoms in total. The predicted octanol–water partition coefficient (Wildman–Crippen LogP) is 2.63. The van der Waals surface area contributed by atoms with Crippen molar-refractivity contribution in [3.8, 4) is 0 Å². The number of carbonyl (C=O) groups excluding carboxylic acids is 1. The highest BCUT2D eigenvalue weighted by molar-refractivity contribution is 5.81. The van der Waals surface area contributed by atoms with Crippen molar-refractivity contribution in [1.29, 1.82) is 0 Å². The highest BCUT2D eigenvalue weighted by Gasteiger charge is 2.33. The summed E-state index contributed by atoms with van der Waals surface area (Å²) in [4.78, 5) is 16.7. The van der Waals surface area contributed by atoms with Crippen LogP contribution in [0.4, 0.5) is 4.39 Å². The van der Waals surface area contributed by atoms with Crippen LogP contribution in [-0.4, -0.2) is 47.9 Å². The molecule has 0 spiro atoms. The minimum Gasteiger partial charge on any atom is -0.341 e. The van der Waals surface area contributed by atoms with Crippen molar-refractivity contribution in [3.05, 3.63) is 35.6 Å². The molecule has 2 aliphatic rings. The van der Waals surface area contributed by atoms with Crippen molar-refractivity contribution < 1.29 is 9.18 Å². The van der Waals surface area contributed by atoms with Crippen LogP contribution in [0.2, 0.25) is 0 Å². The predicted molar refractivity (Wildman–Crippen MR) is 80.6 cm³/mol. The molecule has 0 unspecified atom stereocenters. The van der Waals surface area contributed by atoms with E-state index in [1.54, 1.807) is 12.1 Å². The lowest BCUT2D eigenvalue weighted by Gasteiger charge is -2.27. The molecule has 114 valence electrons. The van der Waals surface area contributed by atoms with Crippen LogP contribution in [0.15, 0.2) is 24.3 Å². The van der Waals surface area contributed by atoms with Gasteiger partial charge in [0.15, 0.2) is 0 Å². The molecule has 0 aliphatic carbocycles. The summed E-state index contributed by atoms with van der Waals surface area (Å²) in [6.07, 6.45) is 3.26.